The predicted molar refractivity (Wildman–Crippen MR) is 56.0 cm³/mol. The van der Waals surface area contributed by atoms with Crippen molar-refractivity contribution in [3.8, 4) is 0 Å². The summed E-state index contributed by atoms with van der Waals surface area (Å²) < 4.78 is 0. The monoisotopic (exact) mass is 216 g/mol. The Kier molecular flexibility index (Phi) is 3.79. The molecule has 3 heteroatoms. The van der Waals surface area contributed by atoms with Crippen molar-refractivity contribution in [2.75, 3.05) is 0 Å². The van der Waals surface area contributed by atoms with E-state index in [1.54, 1.807) is 24.3 Å². The van der Waals surface area contributed by atoms with Crippen LogP contribution in [0.4, 0.5) is 0 Å². The molecule has 1 N–H and O–H groups in total. The van der Waals surface area contributed by atoms with E-state index in [2.05, 4.69) is 6.58 Å². The SMILES string of the molecule is C=C(Cl)CC(O)c1ccc(Cl)cc1. The highest BCUT2D eigenvalue weighted by Crippen LogP contribution is 2.22. The molecule has 0 amide bonds. The van der Waals surface area contributed by atoms with Crippen LogP contribution in [0.3, 0.4) is 0 Å². The zero-order chi connectivity index (χ0) is 9.84. The average molecular weight is 217 g/mol. The van der Waals surface area contributed by atoms with E-state index in [-0.39, 0.29) is 0 Å². The molecule has 13 heavy (non-hydrogen) atoms. The first-order chi connectivity index (χ1) is 6.09. The second kappa shape index (κ2) is 4.66. The quantitative estimate of drug-likeness (QED) is 0.821. The van der Waals surface area contributed by atoms with Crippen molar-refractivity contribution in [1.29, 1.82) is 0 Å². The van der Waals surface area contributed by atoms with Gasteiger partial charge in [-0.15, -0.1) is 0 Å². The van der Waals surface area contributed by atoms with Crippen LogP contribution in [0, 0.1) is 0 Å². The molecule has 0 aliphatic rings. The fourth-order valence-electron chi connectivity index (χ4n) is 1.01. The van der Waals surface area contributed by atoms with Gasteiger partial charge in [0.15, 0.2) is 0 Å². The summed E-state index contributed by atoms with van der Waals surface area (Å²) in [6.45, 7) is 3.52. The lowest BCUT2D eigenvalue weighted by atomic mass is 10.1. The third kappa shape index (κ3) is 3.39. The predicted octanol–water partition coefficient (Wildman–Crippen LogP) is 3.52. The van der Waals surface area contributed by atoms with Gasteiger partial charge in [-0.25, -0.2) is 0 Å². The van der Waals surface area contributed by atoms with Gasteiger partial charge in [0, 0.05) is 16.5 Å². The van der Waals surface area contributed by atoms with E-state index in [0.29, 0.717) is 16.5 Å². The van der Waals surface area contributed by atoms with Crippen LogP contribution >= 0.6 is 23.2 Å². The van der Waals surface area contributed by atoms with Crippen molar-refractivity contribution in [3.05, 3.63) is 46.5 Å². The number of hydrogen-bond donors (Lipinski definition) is 1. The molecule has 0 aliphatic heterocycles. The van der Waals surface area contributed by atoms with Gasteiger partial charge in [0.1, 0.15) is 0 Å². The Hall–Kier alpha value is -0.500. The fraction of sp³-hybridized carbons (Fsp3) is 0.200. The Morgan fingerprint density at radius 1 is 1.38 bits per heavy atom. The molecule has 1 aromatic carbocycles. The van der Waals surface area contributed by atoms with E-state index in [1.807, 2.05) is 0 Å². The number of hydrogen-bond acceptors (Lipinski definition) is 1. The molecule has 1 rings (SSSR count). The van der Waals surface area contributed by atoms with Gasteiger partial charge in [0.2, 0.25) is 0 Å². The number of benzene rings is 1. The summed E-state index contributed by atoms with van der Waals surface area (Å²) in [6, 6.07) is 7.01. The van der Waals surface area contributed by atoms with Crippen LogP contribution in [0.1, 0.15) is 18.1 Å². The van der Waals surface area contributed by atoms with Crippen molar-refractivity contribution in [2.24, 2.45) is 0 Å². The summed E-state index contributed by atoms with van der Waals surface area (Å²) in [7, 11) is 0. The smallest absolute Gasteiger partial charge is 0.0838 e. The molecule has 0 saturated heterocycles. The first kappa shape index (κ1) is 10.6. The maximum Gasteiger partial charge on any atom is 0.0838 e. The second-order valence-electron chi connectivity index (χ2n) is 2.79. The van der Waals surface area contributed by atoms with Crippen LogP contribution in [0.15, 0.2) is 35.9 Å². The number of aliphatic hydroxyl groups excluding tert-OH is 1. The van der Waals surface area contributed by atoms with E-state index < -0.39 is 6.10 Å². The van der Waals surface area contributed by atoms with Gasteiger partial charge in [-0.05, 0) is 17.7 Å². The molecule has 1 nitrogen and oxygen atoms in total. The number of rotatable bonds is 3. The minimum absolute atomic E-state index is 0.364. The van der Waals surface area contributed by atoms with Crippen molar-refractivity contribution in [3.63, 3.8) is 0 Å². The Morgan fingerprint density at radius 3 is 2.38 bits per heavy atom. The van der Waals surface area contributed by atoms with Gasteiger partial charge in [-0.2, -0.15) is 0 Å². The summed E-state index contributed by atoms with van der Waals surface area (Å²) in [4.78, 5) is 0. The summed E-state index contributed by atoms with van der Waals surface area (Å²) in [5.41, 5.74) is 0.797. The molecule has 1 atom stereocenters. The van der Waals surface area contributed by atoms with Crippen molar-refractivity contribution in [1.82, 2.24) is 0 Å². The zero-order valence-electron chi connectivity index (χ0n) is 7.00. The largest absolute Gasteiger partial charge is 0.388 e. The lowest BCUT2D eigenvalue weighted by Crippen LogP contribution is -1.96. The van der Waals surface area contributed by atoms with Gasteiger partial charge in [-0.3, -0.25) is 0 Å². The third-order valence-corrected chi connectivity index (χ3v) is 2.08. The molecule has 1 unspecified atom stereocenters. The highest BCUT2D eigenvalue weighted by Gasteiger charge is 2.07. The molecule has 0 spiro atoms. The highest BCUT2D eigenvalue weighted by molar-refractivity contribution is 6.30. The van der Waals surface area contributed by atoms with Gasteiger partial charge in [-0.1, -0.05) is 41.9 Å². The van der Waals surface area contributed by atoms with Crippen LogP contribution in [0.25, 0.3) is 0 Å². The maximum absolute atomic E-state index is 9.59. The van der Waals surface area contributed by atoms with E-state index in [0.717, 1.165) is 5.56 Å². The average Bonchev–Trinajstić information content (AvgIpc) is 2.04. The summed E-state index contributed by atoms with van der Waals surface area (Å²) in [6.07, 6.45) is -0.231. The lowest BCUT2D eigenvalue weighted by molar-refractivity contribution is 0.180. The molecule has 1 aromatic rings. The Morgan fingerprint density at radius 2 is 1.92 bits per heavy atom. The van der Waals surface area contributed by atoms with E-state index >= 15 is 0 Å². The molecule has 70 valence electrons. The van der Waals surface area contributed by atoms with Gasteiger partial charge in [0.05, 0.1) is 6.10 Å². The fourth-order valence-corrected chi connectivity index (χ4v) is 1.28. The van der Waals surface area contributed by atoms with E-state index in [9.17, 15) is 5.11 Å². The van der Waals surface area contributed by atoms with E-state index in [1.165, 1.54) is 0 Å². The molecule has 0 radical (unpaired) electrons. The Labute approximate surface area is 87.6 Å². The number of halogens is 2. The molecular weight excluding hydrogens is 207 g/mol. The third-order valence-electron chi connectivity index (χ3n) is 1.67. The molecule has 0 aliphatic carbocycles. The minimum Gasteiger partial charge on any atom is -0.388 e. The molecule has 0 fully saturated rings. The Bertz CT molecular complexity index is 292. The Balaban J connectivity index is 2.71. The summed E-state index contributed by atoms with van der Waals surface area (Å²) >= 11 is 11.3. The molecule has 0 saturated carbocycles. The molecule has 0 aromatic heterocycles. The first-order valence-electron chi connectivity index (χ1n) is 3.86. The molecular formula is C10H10Cl2O. The van der Waals surface area contributed by atoms with Crippen molar-refractivity contribution in [2.45, 2.75) is 12.5 Å². The van der Waals surface area contributed by atoms with Gasteiger partial charge < -0.3 is 5.11 Å². The van der Waals surface area contributed by atoms with Gasteiger partial charge >= 0.3 is 0 Å². The van der Waals surface area contributed by atoms with Crippen LogP contribution in [-0.2, 0) is 0 Å². The first-order valence-corrected chi connectivity index (χ1v) is 4.62. The highest BCUT2D eigenvalue weighted by atomic mass is 35.5. The summed E-state index contributed by atoms with van der Waals surface area (Å²) in [5, 5.41) is 10.7. The topological polar surface area (TPSA) is 20.2 Å². The molecule has 0 bridgehead atoms. The standard InChI is InChI=1S/C10H10Cl2O/c1-7(11)6-10(13)8-2-4-9(12)5-3-8/h2-5,10,13H,1,6H2. The maximum atomic E-state index is 9.59. The second-order valence-corrected chi connectivity index (χ2v) is 3.76. The van der Waals surface area contributed by atoms with Crippen LogP contribution < -0.4 is 0 Å². The van der Waals surface area contributed by atoms with Crippen molar-refractivity contribution >= 4 is 23.2 Å². The zero-order valence-corrected chi connectivity index (χ0v) is 8.52. The van der Waals surface area contributed by atoms with Gasteiger partial charge in [0.25, 0.3) is 0 Å². The van der Waals surface area contributed by atoms with Crippen LogP contribution in [-0.4, -0.2) is 5.11 Å². The van der Waals surface area contributed by atoms with Crippen LogP contribution in [0.5, 0.6) is 0 Å². The lowest BCUT2D eigenvalue weighted by Gasteiger charge is -2.09. The van der Waals surface area contributed by atoms with Crippen LogP contribution in [0.2, 0.25) is 5.02 Å². The molecule has 0 heterocycles. The summed E-state index contributed by atoms with van der Waals surface area (Å²) in [5.74, 6) is 0. The normalized spacial score (nSPS) is 12.5. The minimum atomic E-state index is -0.595. The number of aliphatic hydroxyl groups is 1. The van der Waals surface area contributed by atoms with Crippen molar-refractivity contribution < 1.29 is 5.11 Å². The van der Waals surface area contributed by atoms with E-state index in [4.69, 9.17) is 23.2 Å².